The average molecular weight is 838 g/mol. The van der Waals surface area contributed by atoms with Crippen molar-refractivity contribution in [2.45, 2.75) is 44.4 Å². The van der Waals surface area contributed by atoms with Crippen molar-refractivity contribution in [3.8, 4) is 22.3 Å². The lowest BCUT2D eigenvalue weighted by Crippen LogP contribution is -2.44. The molecule has 4 aliphatic rings. The van der Waals surface area contributed by atoms with E-state index in [0.29, 0.717) is 11.8 Å². The molecule has 4 aliphatic carbocycles. The van der Waals surface area contributed by atoms with Gasteiger partial charge in [-0.2, -0.15) is 0 Å². The van der Waals surface area contributed by atoms with Crippen LogP contribution in [0.2, 0.25) is 0 Å². The Kier molecular flexibility index (Phi) is 9.45. The molecule has 8 aromatic rings. The van der Waals surface area contributed by atoms with Crippen molar-refractivity contribution in [2.75, 3.05) is 4.90 Å². The summed E-state index contributed by atoms with van der Waals surface area (Å²) in [4.78, 5) is 2.39. The van der Waals surface area contributed by atoms with Crippen LogP contribution in [-0.2, 0) is 5.41 Å². The average Bonchev–Trinajstić information content (AvgIpc) is 3.91. The van der Waals surface area contributed by atoms with Crippen LogP contribution in [0.4, 0.5) is 11.4 Å². The highest BCUT2D eigenvalue weighted by Crippen LogP contribution is 2.65. The van der Waals surface area contributed by atoms with Gasteiger partial charge in [-0.15, -0.1) is 0 Å². The number of rotatable bonds is 8. The Morgan fingerprint density at radius 2 is 1.26 bits per heavy atom. The Morgan fingerprint density at radius 1 is 0.585 bits per heavy atom. The van der Waals surface area contributed by atoms with E-state index in [2.05, 4.69) is 243 Å². The molecule has 0 aliphatic heterocycles. The van der Waals surface area contributed by atoms with E-state index in [1.54, 1.807) is 0 Å². The Hall–Kier alpha value is -7.42. The third-order valence-corrected chi connectivity index (χ3v) is 14.9. The van der Waals surface area contributed by atoms with E-state index in [1.165, 1.54) is 55.6 Å². The van der Waals surface area contributed by atoms with Crippen molar-refractivity contribution in [1.82, 2.24) is 0 Å². The smallest absolute Gasteiger partial charge is 0.143 e. The Balaban J connectivity index is 0.971. The summed E-state index contributed by atoms with van der Waals surface area (Å²) in [5, 5.41) is 2.33. The number of para-hydroxylation sites is 1. The quantitative estimate of drug-likeness (QED) is 0.152. The number of hydrogen-bond donors (Lipinski definition) is 0. The number of hydrogen-bond acceptors (Lipinski definition) is 2. The molecular weight excluding hydrogens is 787 g/mol. The molecule has 1 aromatic heterocycles. The second-order valence-electron chi connectivity index (χ2n) is 18.6. The van der Waals surface area contributed by atoms with Gasteiger partial charge in [0.1, 0.15) is 11.2 Å². The maximum absolute atomic E-state index is 7.35. The summed E-state index contributed by atoms with van der Waals surface area (Å²) >= 11 is 0. The first kappa shape index (κ1) is 39.2. The summed E-state index contributed by atoms with van der Waals surface area (Å²) in [6.45, 7) is 4.86. The summed E-state index contributed by atoms with van der Waals surface area (Å²) < 4.78 is 7.35. The molecule has 0 spiro atoms. The molecule has 0 amide bonds. The Labute approximate surface area is 382 Å². The minimum atomic E-state index is -0.379. The van der Waals surface area contributed by atoms with E-state index < -0.39 is 0 Å². The molecule has 314 valence electrons. The molecule has 0 saturated carbocycles. The van der Waals surface area contributed by atoms with Gasteiger partial charge in [-0.1, -0.05) is 208 Å². The Bertz CT molecular complexity index is 3290. The predicted molar refractivity (Wildman–Crippen MR) is 272 cm³/mol. The van der Waals surface area contributed by atoms with Crippen molar-refractivity contribution in [1.29, 1.82) is 0 Å². The van der Waals surface area contributed by atoms with Crippen LogP contribution >= 0.6 is 0 Å². The topological polar surface area (TPSA) is 16.4 Å². The van der Waals surface area contributed by atoms with Gasteiger partial charge in [-0.3, -0.25) is 0 Å². The van der Waals surface area contributed by atoms with Gasteiger partial charge in [0.15, 0.2) is 0 Å². The van der Waals surface area contributed by atoms with Gasteiger partial charge in [0.05, 0.1) is 5.41 Å². The molecule has 4 unspecified atom stereocenters. The maximum atomic E-state index is 7.35. The van der Waals surface area contributed by atoms with E-state index in [0.717, 1.165) is 58.3 Å². The van der Waals surface area contributed by atoms with Crippen LogP contribution < -0.4 is 4.90 Å². The van der Waals surface area contributed by atoms with E-state index in [4.69, 9.17) is 4.42 Å². The molecule has 65 heavy (non-hydrogen) atoms. The molecular formula is C63H51NO. The standard InChI is InChI=1S/C63H51NO/c1-43-17-15-26-56-58(43)59-57(63(56,49-22-11-5-12-23-49)62(2)41-13-6-14-42-62)40-39-55-54-25-16-24-53(60(54)65-61(55)59)48-31-37-52(38-32-48)64(50-33-27-46(28-34-50)44-18-7-3-8-19-44)51-35-29-47(30-36-51)45-20-9-4-10-21-45/h3-16,18-29,31-41,43,47H,17,30,42H2,1-2H3. The molecule has 0 N–H and O–H groups in total. The SMILES string of the molecule is CC1CC=CC2=C1c1c(ccc3c1oc1c(-c4ccc(N(C5=CCC(c6ccccc6)C=C5)c5ccc(-c6ccccc6)cc5)cc4)cccc13)C2(c1ccccc1)C1(C)C=CC=CC1. The fraction of sp³-hybridized carbons (Fsp3) is 0.143. The maximum Gasteiger partial charge on any atom is 0.143 e. The van der Waals surface area contributed by atoms with Crippen LogP contribution in [0.3, 0.4) is 0 Å². The van der Waals surface area contributed by atoms with Gasteiger partial charge in [0.25, 0.3) is 0 Å². The first-order valence-electron chi connectivity index (χ1n) is 23.3. The number of anilines is 2. The van der Waals surface area contributed by atoms with E-state index in [-0.39, 0.29) is 10.8 Å². The molecule has 0 radical (unpaired) electrons. The second kappa shape index (κ2) is 15.7. The number of furan rings is 1. The highest BCUT2D eigenvalue weighted by Gasteiger charge is 2.57. The lowest BCUT2D eigenvalue weighted by atomic mass is 9.53. The van der Waals surface area contributed by atoms with Gasteiger partial charge in [0.2, 0.25) is 0 Å². The van der Waals surface area contributed by atoms with Gasteiger partial charge in [-0.05, 0) is 100 Å². The lowest BCUT2D eigenvalue weighted by Gasteiger charge is -2.48. The van der Waals surface area contributed by atoms with E-state index >= 15 is 0 Å². The molecule has 2 heteroatoms. The first-order chi connectivity index (χ1) is 32.0. The minimum absolute atomic E-state index is 0.187. The number of fused-ring (bicyclic) bond motifs is 6. The summed E-state index contributed by atoms with van der Waals surface area (Å²) in [5.41, 5.74) is 17.6. The molecule has 4 atom stereocenters. The molecule has 7 aromatic carbocycles. The molecule has 0 saturated heterocycles. The van der Waals surface area contributed by atoms with Crippen LogP contribution in [0.25, 0.3) is 49.8 Å². The lowest BCUT2D eigenvalue weighted by molar-refractivity contribution is 0.290. The van der Waals surface area contributed by atoms with Crippen LogP contribution in [-0.4, -0.2) is 0 Å². The molecule has 12 rings (SSSR count). The largest absolute Gasteiger partial charge is 0.455 e. The van der Waals surface area contributed by atoms with E-state index in [9.17, 15) is 0 Å². The van der Waals surface area contributed by atoms with Crippen molar-refractivity contribution < 1.29 is 4.42 Å². The summed E-state index contributed by atoms with van der Waals surface area (Å²) in [5.74, 6) is 0.711. The highest BCUT2D eigenvalue weighted by molar-refractivity contribution is 6.14. The minimum Gasteiger partial charge on any atom is -0.455 e. The van der Waals surface area contributed by atoms with Crippen molar-refractivity contribution in [2.24, 2.45) is 11.3 Å². The first-order valence-corrected chi connectivity index (χ1v) is 23.3. The monoisotopic (exact) mass is 837 g/mol. The highest BCUT2D eigenvalue weighted by atomic mass is 16.3. The van der Waals surface area contributed by atoms with Crippen molar-refractivity contribution >= 4 is 38.9 Å². The normalized spacial score (nSPS) is 22.0. The van der Waals surface area contributed by atoms with Crippen LogP contribution in [0.1, 0.15) is 61.3 Å². The number of nitrogens with zero attached hydrogens (tertiary/aromatic N) is 1. The van der Waals surface area contributed by atoms with Gasteiger partial charge < -0.3 is 9.32 Å². The zero-order valence-corrected chi connectivity index (χ0v) is 37.0. The zero-order valence-electron chi connectivity index (χ0n) is 37.0. The number of benzene rings is 7. The molecule has 1 heterocycles. The van der Waals surface area contributed by atoms with Crippen LogP contribution in [0.15, 0.2) is 240 Å². The third kappa shape index (κ3) is 6.22. The van der Waals surface area contributed by atoms with Gasteiger partial charge in [-0.25, -0.2) is 0 Å². The zero-order chi connectivity index (χ0) is 43.5. The summed E-state index contributed by atoms with van der Waals surface area (Å²) in [7, 11) is 0. The fourth-order valence-corrected chi connectivity index (χ4v) is 11.7. The van der Waals surface area contributed by atoms with Crippen LogP contribution in [0.5, 0.6) is 0 Å². The van der Waals surface area contributed by atoms with E-state index in [1.807, 2.05) is 0 Å². The second-order valence-corrected chi connectivity index (χ2v) is 18.6. The molecule has 0 fully saturated rings. The molecule has 2 nitrogen and oxygen atoms in total. The van der Waals surface area contributed by atoms with Gasteiger partial charge >= 0.3 is 0 Å². The third-order valence-electron chi connectivity index (χ3n) is 14.9. The van der Waals surface area contributed by atoms with Crippen LogP contribution in [0, 0.1) is 11.3 Å². The van der Waals surface area contributed by atoms with Crippen molar-refractivity contribution in [3.63, 3.8) is 0 Å². The summed E-state index contributed by atoms with van der Waals surface area (Å²) in [6.07, 6.45) is 24.1. The van der Waals surface area contributed by atoms with Gasteiger partial charge in [0, 0.05) is 50.3 Å². The summed E-state index contributed by atoms with van der Waals surface area (Å²) in [6, 6.07) is 62.2. The number of allylic oxidation sites excluding steroid dienone is 11. The fourth-order valence-electron chi connectivity index (χ4n) is 11.7. The Morgan fingerprint density at radius 3 is 1.95 bits per heavy atom. The molecule has 0 bridgehead atoms. The van der Waals surface area contributed by atoms with Crippen molar-refractivity contribution in [3.05, 3.63) is 258 Å². The predicted octanol–water partition coefficient (Wildman–Crippen LogP) is 16.9.